The second-order valence-electron chi connectivity index (χ2n) is 4.80. The lowest BCUT2D eigenvalue weighted by Crippen LogP contribution is -2.50. The van der Waals surface area contributed by atoms with Gasteiger partial charge in [0.05, 0.1) is 31.4 Å². The molecule has 5 heteroatoms. The van der Waals surface area contributed by atoms with E-state index in [1.165, 1.54) is 0 Å². The van der Waals surface area contributed by atoms with E-state index < -0.39 is 0 Å². The highest BCUT2D eigenvalue weighted by molar-refractivity contribution is 9.10. The van der Waals surface area contributed by atoms with Crippen LogP contribution in [0.25, 0.3) is 0 Å². The Morgan fingerprint density at radius 2 is 2.21 bits per heavy atom. The summed E-state index contributed by atoms with van der Waals surface area (Å²) in [5.41, 5.74) is 0.589. The number of rotatable bonds is 2. The van der Waals surface area contributed by atoms with Crippen LogP contribution in [0, 0.1) is 0 Å². The molecule has 2 unspecified atom stereocenters. The van der Waals surface area contributed by atoms with E-state index in [1.54, 1.807) is 13.2 Å². The molecule has 2 rings (SSSR count). The van der Waals surface area contributed by atoms with Crippen molar-refractivity contribution in [2.24, 2.45) is 0 Å². The van der Waals surface area contributed by atoms with Crippen molar-refractivity contribution in [2.45, 2.75) is 26.0 Å². The van der Waals surface area contributed by atoms with Gasteiger partial charge in [0.2, 0.25) is 0 Å². The third kappa shape index (κ3) is 3.09. The summed E-state index contributed by atoms with van der Waals surface area (Å²) in [6.07, 6.45) is 0.0709. The van der Waals surface area contributed by atoms with Crippen molar-refractivity contribution < 1.29 is 14.3 Å². The number of hydrogen-bond donors (Lipinski definition) is 0. The number of morpholine rings is 1. The predicted octanol–water partition coefficient (Wildman–Crippen LogP) is 2.71. The summed E-state index contributed by atoms with van der Waals surface area (Å²) in [6.45, 7) is 5.16. The molecular weight excluding hydrogens is 310 g/mol. The van der Waals surface area contributed by atoms with Crippen LogP contribution in [0.15, 0.2) is 22.7 Å². The molecule has 1 amide bonds. The monoisotopic (exact) mass is 327 g/mol. The van der Waals surface area contributed by atoms with Gasteiger partial charge in [-0.2, -0.15) is 0 Å². The van der Waals surface area contributed by atoms with Gasteiger partial charge in [0.1, 0.15) is 5.75 Å². The number of halogens is 1. The Kier molecular flexibility index (Phi) is 4.47. The largest absolute Gasteiger partial charge is 0.496 e. The van der Waals surface area contributed by atoms with Crippen molar-refractivity contribution >= 4 is 21.8 Å². The number of carbonyl (C=O) groups is 1. The summed E-state index contributed by atoms with van der Waals surface area (Å²) >= 11 is 3.38. The van der Waals surface area contributed by atoms with E-state index in [2.05, 4.69) is 15.9 Å². The van der Waals surface area contributed by atoms with Crippen molar-refractivity contribution in [1.29, 1.82) is 0 Å². The minimum absolute atomic E-state index is 0.00741. The first-order valence-electron chi connectivity index (χ1n) is 6.29. The molecule has 0 radical (unpaired) electrons. The third-order valence-corrected chi connectivity index (χ3v) is 3.76. The van der Waals surface area contributed by atoms with Crippen LogP contribution in [-0.2, 0) is 4.74 Å². The average Bonchev–Trinajstić information content (AvgIpc) is 2.40. The maximum atomic E-state index is 12.6. The fourth-order valence-electron chi connectivity index (χ4n) is 2.18. The van der Waals surface area contributed by atoms with E-state index in [4.69, 9.17) is 9.47 Å². The Morgan fingerprint density at radius 3 is 2.89 bits per heavy atom. The first-order valence-corrected chi connectivity index (χ1v) is 7.08. The van der Waals surface area contributed by atoms with Gasteiger partial charge < -0.3 is 14.4 Å². The van der Waals surface area contributed by atoms with Gasteiger partial charge in [0, 0.05) is 11.0 Å². The molecule has 1 saturated heterocycles. The topological polar surface area (TPSA) is 38.8 Å². The molecule has 1 aromatic carbocycles. The van der Waals surface area contributed by atoms with Gasteiger partial charge in [0.15, 0.2) is 0 Å². The van der Waals surface area contributed by atoms with Crippen molar-refractivity contribution in [1.82, 2.24) is 4.90 Å². The third-order valence-electron chi connectivity index (χ3n) is 3.26. The zero-order valence-electron chi connectivity index (χ0n) is 11.4. The maximum Gasteiger partial charge on any atom is 0.258 e. The molecule has 0 bridgehead atoms. The SMILES string of the molecule is COc1cc(Br)ccc1C(=O)N1CC(C)OCC1C. The Labute approximate surface area is 121 Å². The fraction of sp³-hybridized carbons (Fsp3) is 0.500. The summed E-state index contributed by atoms with van der Waals surface area (Å²) in [5.74, 6) is 0.581. The van der Waals surface area contributed by atoms with Crippen LogP contribution < -0.4 is 4.74 Å². The molecule has 104 valence electrons. The lowest BCUT2D eigenvalue weighted by Gasteiger charge is -2.37. The number of methoxy groups -OCH3 is 1. The van der Waals surface area contributed by atoms with E-state index in [1.807, 2.05) is 30.9 Å². The highest BCUT2D eigenvalue weighted by atomic mass is 79.9. The summed E-state index contributed by atoms with van der Waals surface area (Å²) in [4.78, 5) is 14.5. The molecule has 1 fully saturated rings. The van der Waals surface area contributed by atoms with Gasteiger partial charge >= 0.3 is 0 Å². The smallest absolute Gasteiger partial charge is 0.258 e. The van der Waals surface area contributed by atoms with E-state index in [0.717, 1.165) is 4.47 Å². The fourth-order valence-corrected chi connectivity index (χ4v) is 2.52. The Morgan fingerprint density at radius 1 is 1.47 bits per heavy atom. The molecule has 0 spiro atoms. The summed E-state index contributed by atoms with van der Waals surface area (Å²) in [7, 11) is 1.57. The molecule has 1 aliphatic heterocycles. The lowest BCUT2D eigenvalue weighted by atomic mass is 10.1. The Hall–Kier alpha value is -1.07. The van der Waals surface area contributed by atoms with Gasteiger partial charge in [-0.25, -0.2) is 0 Å². The number of hydrogen-bond acceptors (Lipinski definition) is 3. The molecule has 0 aromatic heterocycles. The van der Waals surface area contributed by atoms with Crippen molar-refractivity contribution in [2.75, 3.05) is 20.3 Å². The highest BCUT2D eigenvalue weighted by Crippen LogP contribution is 2.26. The standard InChI is InChI=1S/C14H18BrNO3/c1-9-8-19-10(2)7-16(9)14(17)12-5-4-11(15)6-13(12)18-3/h4-6,9-10H,7-8H2,1-3H3. The van der Waals surface area contributed by atoms with E-state index in [0.29, 0.717) is 24.5 Å². The molecule has 0 saturated carbocycles. The van der Waals surface area contributed by atoms with Crippen LogP contribution in [0.3, 0.4) is 0 Å². The second kappa shape index (κ2) is 5.92. The van der Waals surface area contributed by atoms with E-state index in [-0.39, 0.29) is 18.1 Å². The van der Waals surface area contributed by atoms with Gasteiger partial charge in [-0.05, 0) is 32.0 Å². The van der Waals surface area contributed by atoms with Crippen molar-refractivity contribution in [3.8, 4) is 5.75 Å². The summed E-state index contributed by atoms with van der Waals surface area (Å²) in [5, 5.41) is 0. The normalized spacial score (nSPS) is 23.3. The lowest BCUT2D eigenvalue weighted by molar-refractivity contribution is -0.0387. The van der Waals surface area contributed by atoms with Crippen LogP contribution >= 0.6 is 15.9 Å². The predicted molar refractivity (Wildman–Crippen MR) is 76.6 cm³/mol. The van der Waals surface area contributed by atoms with E-state index in [9.17, 15) is 4.79 Å². The molecule has 1 aromatic rings. The number of carbonyl (C=O) groups excluding carboxylic acids is 1. The first kappa shape index (κ1) is 14.3. The molecule has 19 heavy (non-hydrogen) atoms. The number of ether oxygens (including phenoxy) is 2. The average molecular weight is 328 g/mol. The van der Waals surface area contributed by atoms with Crippen LogP contribution in [0.2, 0.25) is 0 Å². The van der Waals surface area contributed by atoms with Gasteiger partial charge in [0.25, 0.3) is 5.91 Å². The van der Waals surface area contributed by atoms with Crippen molar-refractivity contribution in [3.63, 3.8) is 0 Å². The first-order chi connectivity index (χ1) is 9.02. The minimum Gasteiger partial charge on any atom is -0.496 e. The Balaban J connectivity index is 2.28. The molecule has 0 N–H and O–H groups in total. The zero-order valence-corrected chi connectivity index (χ0v) is 12.9. The van der Waals surface area contributed by atoms with Gasteiger partial charge in [-0.3, -0.25) is 4.79 Å². The van der Waals surface area contributed by atoms with Crippen LogP contribution in [0.5, 0.6) is 5.75 Å². The van der Waals surface area contributed by atoms with Crippen LogP contribution in [0.4, 0.5) is 0 Å². The number of benzene rings is 1. The van der Waals surface area contributed by atoms with Gasteiger partial charge in [-0.15, -0.1) is 0 Å². The maximum absolute atomic E-state index is 12.6. The quantitative estimate of drug-likeness (QED) is 0.838. The van der Waals surface area contributed by atoms with Crippen LogP contribution in [0.1, 0.15) is 24.2 Å². The molecule has 1 heterocycles. The molecule has 1 aliphatic rings. The minimum atomic E-state index is -0.00741. The number of amides is 1. The second-order valence-corrected chi connectivity index (χ2v) is 5.71. The zero-order chi connectivity index (χ0) is 14.0. The summed E-state index contributed by atoms with van der Waals surface area (Å²) < 4.78 is 11.7. The molecule has 0 aliphatic carbocycles. The van der Waals surface area contributed by atoms with Crippen molar-refractivity contribution in [3.05, 3.63) is 28.2 Å². The Bertz CT molecular complexity index is 478. The molecular formula is C14H18BrNO3. The van der Waals surface area contributed by atoms with Gasteiger partial charge in [-0.1, -0.05) is 15.9 Å². The number of nitrogens with zero attached hydrogens (tertiary/aromatic N) is 1. The summed E-state index contributed by atoms with van der Waals surface area (Å²) in [6, 6.07) is 5.53. The van der Waals surface area contributed by atoms with E-state index >= 15 is 0 Å². The van der Waals surface area contributed by atoms with Crippen LogP contribution in [-0.4, -0.2) is 43.2 Å². The highest BCUT2D eigenvalue weighted by Gasteiger charge is 2.29. The molecule has 2 atom stereocenters. The molecule has 4 nitrogen and oxygen atoms in total.